The molecule has 0 aliphatic heterocycles. The van der Waals surface area contributed by atoms with E-state index < -0.39 is 0 Å². The molecule has 4 aliphatic rings. The van der Waals surface area contributed by atoms with Crippen LogP contribution in [-0.2, 0) is 5.41 Å². The first-order valence-electron chi connectivity index (χ1n) is 24.5. The van der Waals surface area contributed by atoms with Crippen LogP contribution in [0.4, 0.5) is 0 Å². The summed E-state index contributed by atoms with van der Waals surface area (Å²) in [5.41, 5.74) is 23.5. The highest BCUT2D eigenvalue weighted by Crippen LogP contribution is 2.57. The van der Waals surface area contributed by atoms with Gasteiger partial charge in [-0.15, -0.1) is 0 Å². The average molecular weight is 908 g/mol. The molecule has 2 aromatic heterocycles. The van der Waals surface area contributed by atoms with Crippen LogP contribution in [0.15, 0.2) is 224 Å². The van der Waals surface area contributed by atoms with Crippen molar-refractivity contribution >= 4 is 0 Å². The SMILES string of the molecule is CC1(C)c2ccccc2-c2c(-c3ccc(-c4cc(-c5ccc6c(c5)C5c7ccccc7C6c6cc(-c7nc(-c8ccccc8)nc(-c8ccccc8)n7)ccc65)nc(-c5ccccc5)n4)cc3)cccc21. The molecule has 0 amide bonds. The predicted octanol–water partition coefficient (Wildman–Crippen LogP) is 15.6. The van der Waals surface area contributed by atoms with Crippen molar-refractivity contribution < 1.29 is 0 Å². The third-order valence-corrected chi connectivity index (χ3v) is 15.1. The number of nitrogens with zero attached hydrogens (tertiary/aromatic N) is 5. The summed E-state index contributed by atoms with van der Waals surface area (Å²) in [6.07, 6.45) is 0. The molecule has 2 unspecified atom stereocenters. The second-order valence-electron chi connectivity index (χ2n) is 19.5. The van der Waals surface area contributed by atoms with Crippen molar-refractivity contribution in [1.82, 2.24) is 24.9 Å². The third kappa shape index (κ3) is 6.65. The van der Waals surface area contributed by atoms with Gasteiger partial charge in [-0.25, -0.2) is 24.9 Å². The van der Waals surface area contributed by atoms with Gasteiger partial charge in [0.25, 0.3) is 0 Å². The van der Waals surface area contributed by atoms with Crippen molar-refractivity contribution in [2.75, 3.05) is 0 Å². The molecule has 9 aromatic carbocycles. The molecule has 334 valence electrons. The number of hydrogen-bond donors (Lipinski definition) is 0. The summed E-state index contributed by atoms with van der Waals surface area (Å²) in [6, 6.07) is 80.2. The summed E-state index contributed by atoms with van der Waals surface area (Å²) in [5, 5.41) is 0. The zero-order chi connectivity index (χ0) is 47.2. The topological polar surface area (TPSA) is 64.5 Å². The van der Waals surface area contributed by atoms with Crippen molar-refractivity contribution in [3.8, 4) is 90.3 Å². The molecule has 5 heteroatoms. The van der Waals surface area contributed by atoms with Crippen LogP contribution in [0.2, 0.25) is 0 Å². The van der Waals surface area contributed by atoms with Crippen molar-refractivity contribution in [2.45, 2.75) is 31.1 Å². The summed E-state index contributed by atoms with van der Waals surface area (Å²) in [4.78, 5) is 25.7. The lowest BCUT2D eigenvalue weighted by molar-refractivity contribution is 0.660. The van der Waals surface area contributed by atoms with Crippen LogP contribution in [0.25, 0.3) is 90.3 Å². The molecule has 0 N–H and O–H groups in total. The lowest BCUT2D eigenvalue weighted by Gasteiger charge is -2.42. The Balaban J connectivity index is 0.860. The number of fused-ring (bicyclic) bond motifs is 3. The van der Waals surface area contributed by atoms with E-state index in [1.807, 2.05) is 42.5 Å². The number of aromatic nitrogens is 5. The molecular weight excluding hydrogens is 863 g/mol. The van der Waals surface area contributed by atoms with Gasteiger partial charge in [0, 0.05) is 50.6 Å². The molecule has 0 fully saturated rings. The van der Waals surface area contributed by atoms with Gasteiger partial charge >= 0.3 is 0 Å². The summed E-state index contributed by atoms with van der Waals surface area (Å²) >= 11 is 0. The Bertz CT molecular complexity index is 3840. The Morgan fingerprint density at radius 1 is 0.282 bits per heavy atom. The Labute approximate surface area is 413 Å². The van der Waals surface area contributed by atoms with Gasteiger partial charge in [-0.3, -0.25) is 0 Å². The maximum Gasteiger partial charge on any atom is 0.164 e. The lowest BCUT2D eigenvalue weighted by Crippen LogP contribution is -2.27. The second kappa shape index (κ2) is 16.1. The number of hydrogen-bond acceptors (Lipinski definition) is 5. The van der Waals surface area contributed by atoms with Crippen LogP contribution >= 0.6 is 0 Å². The molecule has 2 bridgehead atoms. The Hall–Kier alpha value is -8.93. The largest absolute Gasteiger partial charge is 0.228 e. The van der Waals surface area contributed by atoms with Gasteiger partial charge in [-0.2, -0.15) is 0 Å². The van der Waals surface area contributed by atoms with E-state index in [1.54, 1.807) is 0 Å². The second-order valence-corrected chi connectivity index (χ2v) is 19.5. The van der Waals surface area contributed by atoms with Crippen LogP contribution in [0.5, 0.6) is 0 Å². The fraction of sp³-hybridized carbons (Fsp3) is 0.0758. The van der Waals surface area contributed by atoms with Gasteiger partial charge in [0.2, 0.25) is 0 Å². The molecule has 11 aromatic rings. The molecule has 5 nitrogen and oxygen atoms in total. The molecule has 2 heterocycles. The van der Waals surface area contributed by atoms with E-state index in [1.165, 1.54) is 66.8 Å². The minimum Gasteiger partial charge on any atom is -0.228 e. The summed E-state index contributed by atoms with van der Waals surface area (Å²) < 4.78 is 0. The number of benzene rings is 9. The first-order valence-corrected chi connectivity index (χ1v) is 24.5. The normalized spacial score (nSPS) is 15.3. The Morgan fingerprint density at radius 2 is 0.690 bits per heavy atom. The minimum absolute atomic E-state index is 0.0453. The molecule has 0 saturated carbocycles. The highest BCUT2D eigenvalue weighted by atomic mass is 15.0. The summed E-state index contributed by atoms with van der Waals surface area (Å²) in [7, 11) is 0. The first kappa shape index (κ1) is 41.1. The van der Waals surface area contributed by atoms with Gasteiger partial charge in [-0.05, 0) is 85.0 Å². The van der Waals surface area contributed by atoms with E-state index in [0.29, 0.717) is 23.3 Å². The quantitative estimate of drug-likeness (QED) is 0.159. The van der Waals surface area contributed by atoms with E-state index >= 15 is 0 Å². The van der Waals surface area contributed by atoms with Gasteiger partial charge in [0.1, 0.15) is 0 Å². The van der Waals surface area contributed by atoms with E-state index in [9.17, 15) is 0 Å². The van der Waals surface area contributed by atoms with Crippen LogP contribution in [-0.4, -0.2) is 24.9 Å². The van der Waals surface area contributed by atoms with Crippen molar-refractivity contribution in [3.63, 3.8) is 0 Å². The smallest absolute Gasteiger partial charge is 0.164 e. The average Bonchev–Trinajstić information content (AvgIpc) is 3.68. The Kier molecular flexibility index (Phi) is 9.30. The maximum absolute atomic E-state index is 5.31. The standard InChI is InChI=1S/C66H45N5/c1-66(2)55-27-15-14-25-52(55)61-47(26-16-28-56(61)66)40-29-31-41(32-30-40)57-39-58(68-62(67-57)42-17-6-3-7-18-42)45-33-35-50-53(37-45)59-48-23-12-13-24-49(48)60(50)54-38-46(34-36-51(54)59)65-70-63(43-19-8-4-9-20-43)69-64(71-65)44-21-10-5-11-22-44/h3-39,59-60H,1-2H3. The lowest BCUT2D eigenvalue weighted by atomic mass is 9.60. The molecule has 0 spiro atoms. The zero-order valence-electron chi connectivity index (χ0n) is 39.3. The van der Waals surface area contributed by atoms with Crippen LogP contribution in [0, 0.1) is 0 Å². The molecule has 0 radical (unpaired) electrons. The van der Waals surface area contributed by atoms with Crippen molar-refractivity contribution in [3.05, 3.63) is 269 Å². The van der Waals surface area contributed by atoms with Crippen molar-refractivity contribution in [2.24, 2.45) is 0 Å². The monoisotopic (exact) mass is 907 g/mol. The van der Waals surface area contributed by atoms with Crippen LogP contribution in [0.1, 0.15) is 70.2 Å². The van der Waals surface area contributed by atoms with Crippen LogP contribution in [0.3, 0.4) is 0 Å². The molecule has 15 rings (SSSR count). The molecule has 2 atom stereocenters. The summed E-state index contributed by atoms with van der Waals surface area (Å²) in [5.74, 6) is 2.77. The molecule has 4 aliphatic carbocycles. The Morgan fingerprint density at radius 3 is 1.28 bits per heavy atom. The molecule has 71 heavy (non-hydrogen) atoms. The number of rotatable bonds is 7. The van der Waals surface area contributed by atoms with E-state index in [2.05, 4.69) is 196 Å². The van der Waals surface area contributed by atoms with Gasteiger partial charge in [0.15, 0.2) is 23.3 Å². The third-order valence-electron chi connectivity index (χ3n) is 15.1. The van der Waals surface area contributed by atoms with E-state index in [4.69, 9.17) is 24.9 Å². The van der Waals surface area contributed by atoms with Gasteiger partial charge in [0.05, 0.1) is 11.4 Å². The van der Waals surface area contributed by atoms with Crippen LogP contribution < -0.4 is 0 Å². The van der Waals surface area contributed by atoms with Gasteiger partial charge in [-0.1, -0.05) is 220 Å². The molecular formula is C66H45N5. The van der Waals surface area contributed by atoms with Gasteiger partial charge < -0.3 is 0 Å². The highest BCUT2D eigenvalue weighted by molar-refractivity contribution is 5.93. The fourth-order valence-electron chi connectivity index (χ4n) is 11.7. The predicted molar refractivity (Wildman–Crippen MR) is 286 cm³/mol. The fourth-order valence-corrected chi connectivity index (χ4v) is 11.7. The van der Waals surface area contributed by atoms with E-state index in [-0.39, 0.29) is 17.3 Å². The highest BCUT2D eigenvalue weighted by Gasteiger charge is 2.42. The van der Waals surface area contributed by atoms with Crippen molar-refractivity contribution in [1.29, 1.82) is 0 Å². The maximum atomic E-state index is 5.31. The first-order chi connectivity index (χ1) is 34.9. The molecule has 0 saturated heterocycles. The van der Waals surface area contributed by atoms with E-state index in [0.717, 1.165) is 44.8 Å². The zero-order valence-corrected chi connectivity index (χ0v) is 39.3. The minimum atomic E-state index is -0.0586. The summed E-state index contributed by atoms with van der Waals surface area (Å²) in [6.45, 7) is 4.68.